The number of nitro benzene ring substituents is 1. The largest absolute Gasteiger partial charge is 0.395 e. The average Bonchev–Trinajstić information content (AvgIpc) is 2.79. The van der Waals surface area contributed by atoms with Crippen molar-refractivity contribution < 1.29 is 30.1 Å². The third-order valence-electron chi connectivity index (χ3n) is 5.68. The van der Waals surface area contributed by atoms with Crippen molar-refractivity contribution in [3.05, 3.63) is 38.8 Å². The quantitative estimate of drug-likeness (QED) is 0.0651. The van der Waals surface area contributed by atoms with E-state index in [1.807, 2.05) is 4.90 Å². The topological polar surface area (TPSA) is 234 Å². The Hall–Kier alpha value is -3.04. The molecule has 0 aliphatic carbocycles. The van der Waals surface area contributed by atoms with E-state index in [0.717, 1.165) is 6.07 Å². The van der Waals surface area contributed by atoms with Crippen molar-refractivity contribution in [3.8, 4) is 0 Å². The molecule has 0 spiro atoms. The zero-order valence-corrected chi connectivity index (χ0v) is 18.5. The van der Waals surface area contributed by atoms with Crippen LogP contribution in [-0.2, 0) is 4.79 Å². The van der Waals surface area contributed by atoms with Gasteiger partial charge in [0.05, 0.1) is 23.7 Å². The van der Waals surface area contributed by atoms with Crippen molar-refractivity contribution >= 4 is 23.0 Å². The molecule has 1 aromatic carbocycles. The molecule has 2 rings (SSSR count). The van der Waals surface area contributed by atoms with Crippen LogP contribution in [0.1, 0.15) is 6.42 Å². The molecule has 0 aromatic heterocycles. The summed E-state index contributed by atoms with van der Waals surface area (Å²) in [6.07, 6.45) is -3.77. The highest BCUT2D eigenvalue weighted by Crippen LogP contribution is 2.29. The van der Waals surface area contributed by atoms with Gasteiger partial charge in [-0.3, -0.25) is 24.7 Å². The first kappa shape index (κ1) is 27.2. The third-order valence-corrected chi connectivity index (χ3v) is 5.68. The second-order valence-corrected chi connectivity index (χ2v) is 7.93. The van der Waals surface area contributed by atoms with Crippen molar-refractivity contribution in [2.24, 2.45) is 10.8 Å². The van der Waals surface area contributed by atoms with Crippen LogP contribution in [-0.4, -0.2) is 111 Å². The molecule has 0 radical (unpaired) electrons. The number of rotatable bonds is 13. The number of hydrogen-bond donors (Lipinski definition) is 6. The third kappa shape index (κ3) is 7.50. The molecular weight excluding hydrogens is 452 g/mol. The van der Waals surface area contributed by atoms with E-state index in [-0.39, 0.29) is 36.6 Å². The van der Waals surface area contributed by atoms with Gasteiger partial charge in [-0.25, -0.2) is 0 Å². The van der Waals surface area contributed by atoms with Crippen LogP contribution in [0.4, 0.5) is 17.1 Å². The van der Waals surface area contributed by atoms with Gasteiger partial charge in [-0.2, -0.15) is 0 Å². The summed E-state index contributed by atoms with van der Waals surface area (Å²) >= 11 is 0. The fraction of sp³-hybridized carbons (Fsp3) is 0.632. The van der Waals surface area contributed by atoms with Gasteiger partial charge in [0.1, 0.15) is 17.9 Å². The molecule has 34 heavy (non-hydrogen) atoms. The number of aliphatic hydroxyl groups is 4. The number of primary amides is 1. The van der Waals surface area contributed by atoms with Crippen molar-refractivity contribution in [2.75, 3.05) is 51.2 Å². The summed E-state index contributed by atoms with van der Waals surface area (Å²) in [5.41, 5.74) is 13.8. The molecule has 7 N–H and O–H groups in total. The number of carbonyl (C=O) groups excluding carboxylic acids is 1. The molecule has 1 fully saturated rings. The highest BCUT2D eigenvalue weighted by atomic mass is 16.6. The molecule has 15 heteroatoms. The van der Waals surface area contributed by atoms with Crippen LogP contribution in [0.5, 0.6) is 0 Å². The van der Waals surface area contributed by atoms with Crippen LogP contribution in [0, 0.1) is 10.1 Å². The Morgan fingerprint density at radius 3 is 2.68 bits per heavy atom. The minimum Gasteiger partial charge on any atom is -0.395 e. The van der Waals surface area contributed by atoms with Crippen LogP contribution in [0.25, 0.3) is 10.4 Å². The van der Waals surface area contributed by atoms with Gasteiger partial charge in [0.15, 0.2) is 0 Å². The summed E-state index contributed by atoms with van der Waals surface area (Å²) in [5.74, 6) is -0.498. The molecular formula is C19H30N8O7. The lowest BCUT2D eigenvalue weighted by molar-refractivity contribution is -0.383. The number of β-amino-alcohol motifs (C(OH)–C–C–N with tert-alkyl or cyclic N) is 1. The number of anilines is 1. The Labute approximate surface area is 195 Å². The number of nitrogens with zero attached hydrogens (tertiary/aromatic N) is 6. The lowest BCUT2D eigenvalue weighted by atomic mass is 9.94. The molecule has 1 aliphatic heterocycles. The summed E-state index contributed by atoms with van der Waals surface area (Å²) in [4.78, 5) is 28.2. The zero-order valence-electron chi connectivity index (χ0n) is 18.5. The summed E-state index contributed by atoms with van der Waals surface area (Å²) in [7, 11) is 0. The van der Waals surface area contributed by atoms with Gasteiger partial charge >= 0.3 is 0 Å². The number of hydrogen-bond acceptors (Lipinski definition) is 11. The number of carbonyl (C=O) groups is 1. The fourth-order valence-corrected chi connectivity index (χ4v) is 3.79. The van der Waals surface area contributed by atoms with Gasteiger partial charge in [0, 0.05) is 62.4 Å². The maximum atomic E-state index is 11.4. The molecule has 1 aromatic rings. The smallest absolute Gasteiger partial charge is 0.292 e. The first-order chi connectivity index (χ1) is 16.2. The lowest BCUT2D eigenvalue weighted by Crippen LogP contribution is -2.63. The standard InChI is InChI=1S/C19H30N8O7/c20-17(30)3-5-25(7-8-26-10-16(29)19(32)18(31)15(26)11-28)6-4-22-13-2-1-12(23-24-21)9-14(13)27(33)34/h1-2,9,15-16,18-19,22,28-29,31-32H,3-8,10-11H2,(H2,20,30)/t15-,16+,18-,19-/m1/s1. The minimum atomic E-state index is -1.36. The normalized spacial score (nSPS) is 22.9. The van der Waals surface area contributed by atoms with E-state index < -0.39 is 41.8 Å². The molecule has 0 unspecified atom stereocenters. The van der Waals surface area contributed by atoms with Crippen LogP contribution in [0.3, 0.4) is 0 Å². The van der Waals surface area contributed by atoms with E-state index in [1.165, 1.54) is 12.1 Å². The average molecular weight is 482 g/mol. The monoisotopic (exact) mass is 482 g/mol. The number of piperidine rings is 1. The molecule has 0 bridgehead atoms. The zero-order chi connectivity index (χ0) is 25.3. The van der Waals surface area contributed by atoms with Gasteiger partial charge < -0.3 is 31.5 Å². The van der Waals surface area contributed by atoms with E-state index in [1.54, 1.807) is 4.90 Å². The van der Waals surface area contributed by atoms with Gasteiger partial charge in [-0.05, 0) is 11.6 Å². The molecule has 1 aliphatic rings. The fourth-order valence-electron chi connectivity index (χ4n) is 3.79. The van der Waals surface area contributed by atoms with Crippen molar-refractivity contribution in [2.45, 2.75) is 30.8 Å². The Morgan fingerprint density at radius 1 is 1.32 bits per heavy atom. The van der Waals surface area contributed by atoms with Crippen molar-refractivity contribution in [3.63, 3.8) is 0 Å². The van der Waals surface area contributed by atoms with Gasteiger partial charge in [-0.15, -0.1) is 0 Å². The molecule has 1 saturated heterocycles. The Balaban J connectivity index is 2.02. The number of azide groups is 1. The Kier molecular flexibility index (Phi) is 10.4. The second kappa shape index (κ2) is 13.0. The molecule has 4 atom stereocenters. The first-order valence-electron chi connectivity index (χ1n) is 10.6. The summed E-state index contributed by atoms with van der Waals surface area (Å²) < 4.78 is 0. The molecule has 0 saturated carbocycles. The van der Waals surface area contributed by atoms with E-state index in [4.69, 9.17) is 11.3 Å². The maximum absolute atomic E-state index is 11.4. The van der Waals surface area contributed by atoms with E-state index in [9.17, 15) is 35.3 Å². The predicted octanol–water partition coefficient (Wildman–Crippen LogP) is -1.11. The molecule has 1 heterocycles. The molecule has 1 amide bonds. The number of likely N-dealkylation sites (tertiary alicyclic amines) is 1. The molecule has 15 nitrogen and oxygen atoms in total. The lowest BCUT2D eigenvalue weighted by Gasteiger charge is -2.43. The number of aliphatic hydroxyl groups excluding tert-OH is 4. The van der Waals surface area contributed by atoms with Gasteiger partial charge in [0.2, 0.25) is 5.91 Å². The SMILES string of the molecule is [N-]=[N+]=Nc1ccc(NCCN(CCC(N)=O)CCN2C[C@H](O)[C@@H](O)[C@H](O)[C@H]2CO)c([N+](=O)[O-])c1. The number of amides is 1. The highest BCUT2D eigenvalue weighted by molar-refractivity contribution is 5.73. The van der Waals surface area contributed by atoms with Crippen LogP contribution in [0.2, 0.25) is 0 Å². The maximum Gasteiger partial charge on any atom is 0.292 e. The van der Waals surface area contributed by atoms with Crippen LogP contribution in [0.15, 0.2) is 23.3 Å². The number of nitrogens with one attached hydrogen (secondary N) is 1. The van der Waals surface area contributed by atoms with E-state index in [2.05, 4.69) is 15.3 Å². The predicted molar refractivity (Wildman–Crippen MR) is 121 cm³/mol. The van der Waals surface area contributed by atoms with Crippen LogP contribution >= 0.6 is 0 Å². The Bertz CT molecular complexity index is 897. The van der Waals surface area contributed by atoms with Crippen molar-refractivity contribution in [1.82, 2.24) is 9.80 Å². The Morgan fingerprint density at radius 2 is 2.06 bits per heavy atom. The summed E-state index contributed by atoms with van der Waals surface area (Å²) in [6.45, 7) is 1.27. The summed E-state index contributed by atoms with van der Waals surface area (Å²) in [5, 5.41) is 57.2. The highest BCUT2D eigenvalue weighted by Gasteiger charge is 2.40. The van der Waals surface area contributed by atoms with E-state index in [0.29, 0.717) is 26.2 Å². The number of nitrogens with two attached hydrogens (primary N) is 1. The first-order valence-corrected chi connectivity index (χ1v) is 10.6. The van der Waals surface area contributed by atoms with Gasteiger partial charge in [0.25, 0.3) is 5.69 Å². The number of nitro groups is 1. The minimum absolute atomic E-state index is 0.0507. The molecule has 188 valence electrons. The van der Waals surface area contributed by atoms with E-state index >= 15 is 0 Å². The summed E-state index contributed by atoms with van der Waals surface area (Å²) in [6, 6.07) is 3.27. The number of benzene rings is 1. The second-order valence-electron chi connectivity index (χ2n) is 7.93. The van der Waals surface area contributed by atoms with Crippen molar-refractivity contribution in [1.29, 1.82) is 0 Å². The van der Waals surface area contributed by atoms with Gasteiger partial charge in [-0.1, -0.05) is 11.2 Å². The van der Waals surface area contributed by atoms with Crippen LogP contribution < -0.4 is 11.1 Å².